The fourth-order valence-corrected chi connectivity index (χ4v) is 6.47. The number of carbonyl (C=O) groups is 1. The third-order valence-corrected chi connectivity index (χ3v) is 9.35. The van der Waals surface area contributed by atoms with Crippen LogP contribution < -0.4 is 14.8 Å². The molecule has 0 unspecified atom stereocenters. The monoisotopic (exact) mass is 583 g/mol. The van der Waals surface area contributed by atoms with E-state index in [1.54, 1.807) is 49.4 Å². The number of hydrogen-bond donors (Lipinski definition) is 3. The van der Waals surface area contributed by atoms with Crippen LogP contribution in [0.5, 0.6) is 0 Å². The molecule has 0 fully saturated rings. The van der Waals surface area contributed by atoms with E-state index in [4.69, 9.17) is 11.6 Å². The SMILES string of the molecule is Cc1ccc(C(=O)Nc2ccc(S(=O)(=O)Nc3ccccc3Cl)cc2)cc1S(=O)(=O)Nc1cccc(C)c1C. The van der Waals surface area contributed by atoms with Crippen LogP contribution in [-0.4, -0.2) is 22.7 Å². The molecule has 0 spiro atoms. The molecule has 4 aromatic rings. The zero-order valence-corrected chi connectivity index (χ0v) is 23.7. The molecule has 0 radical (unpaired) electrons. The Morgan fingerprint density at radius 1 is 0.692 bits per heavy atom. The van der Waals surface area contributed by atoms with Gasteiger partial charge >= 0.3 is 0 Å². The Labute approximate surface area is 233 Å². The molecule has 0 aromatic heterocycles. The van der Waals surface area contributed by atoms with E-state index in [9.17, 15) is 21.6 Å². The highest BCUT2D eigenvalue weighted by Crippen LogP contribution is 2.26. The van der Waals surface area contributed by atoms with Gasteiger partial charge in [-0.1, -0.05) is 41.9 Å². The number of halogens is 1. The molecule has 0 heterocycles. The highest BCUT2D eigenvalue weighted by molar-refractivity contribution is 7.93. The number of sulfonamides is 2. The third kappa shape index (κ3) is 6.42. The molecule has 39 heavy (non-hydrogen) atoms. The molecule has 1 amide bonds. The summed E-state index contributed by atoms with van der Waals surface area (Å²) in [6.45, 7) is 5.36. The number of amides is 1. The smallest absolute Gasteiger partial charge is 0.262 e. The molecule has 202 valence electrons. The van der Waals surface area contributed by atoms with Crippen molar-refractivity contribution in [1.29, 1.82) is 0 Å². The van der Waals surface area contributed by atoms with Gasteiger partial charge < -0.3 is 5.32 Å². The van der Waals surface area contributed by atoms with Crippen molar-refractivity contribution < 1.29 is 21.6 Å². The van der Waals surface area contributed by atoms with Crippen molar-refractivity contribution in [3.63, 3.8) is 0 Å². The Bertz CT molecular complexity index is 1770. The first-order chi connectivity index (χ1) is 18.4. The molecule has 0 aliphatic carbocycles. The minimum atomic E-state index is -3.98. The summed E-state index contributed by atoms with van der Waals surface area (Å²) in [5.74, 6) is -0.553. The van der Waals surface area contributed by atoms with E-state index < -0.39 is 26.0 Å². The van der Waals surface area contributed by atoms with Crippen LogP contribution in [0.1, 0.15) is 27.0 Å². The minimum absolute atomic E-state index is 0.0249. The maximum atomic E-state index is 13.2. The van der Waals surface area contributed by atoms with Crippen LogP contribution in [-0.2, 0) is 20.0 Å². The number of hydrogen-bond acceptors (Lipinski definition) is 5. The first kappa shape index (κ1) is 28.2. The molecule has 0 aliphatic rings. The molecular weight excluding hydrogens is 558 g/mol. The standard InChI is InChI=1S/C28H26ClN3O5S2/c1-18-7-6-10-25(20(18)3)31-39(36,37)27-17-21(12-11-19(27)2)28(33)30-22-13-15-23(16-14-22)38(34,35)32-26-9-5-4-8-24(26)29/h4-17,31-32H,1-3H3,(H,30,33). The summed E-state index contributed by atoms with van der Waals surface area (Å²) in [6, 6.07) is 21.7. The van der Waals surface area contributed by atoms with Crippen molar-refractivity contribution in [2.75, 3.05) is 14.8 Å². The van der Waals surface area contributed by atoms with Crippen LogP contribution in [0.15, 0.2) is 94.7 Å². The lowest BCUT2D eigenvalue weighted by molar-refractivity contribution is 0.102. The highest BCUT2D eigenvalue weighted by atomic mass is 35.5. The average Bonchev–Trinajstić information content (AvgIpc) is 2.88. The van der Waals surface area contributed by atoms with E-state index >= 15 is 0 Å². The Kier molecular flexibility index (Phi) is 8.01. The van der Waals surface area contributed by atoms with Crippen LogP contribution in [0.3, 0.4) is 0 Å². The van der Waals surface area contributed by atoms with Crippen LogP contribution in [0, 0.1) is 20.8 Å². The Morgan fingerprint density at radius 2 is 1.33 bits per heavy atom. The number of para-hydroxylation sites is 1. The number of carbonyl (C=O) groups excluding carboxylic acids is 1. The summed E-state index contributed by atoms with van der Waals surface area (Å²) >= 11 is 6.04. The third-order valence-electron chi connectivity index (χ3n) is 6.13. The summed E-state index contributed by atoms with van der Waals surface area (Å²) < 4.78 is 56.9. The van der Waals surface area contributed by atoms with Crippen molar-refractivity contribution in [2.45, 2.75) is 30.6 Å². The number of rotatable bonds is 8. The molecule has 0 bridgehead atoms. The lowest BCUT2D eigenvalue weighted by Gasteiger charge is -2.15. The predicted octanol–water partition coefficient (Wildman–Crippen LogP) is 6.12. The van der Waals surface area contributed by atoms with Gasteiger partial charge in [-0.2, -0.15) is 0 Å². The summed E-state index contributed by atoms with van der Waals surface area (Å²) in [4.78, 5) is 12.9. The molecular formula is C28H26ClN3O5S2. The number of nitrogens with one attached hydrogen (secondary N) is 3. The lowest BCUT2D eigenvalue weighted by Crippen LogP contribution is -2.18. The van der Waals surface area contributed by atoms with Gasteiger partial charge in [0.15, 0.2) is 0 Å². The van der Waals surface area contributed by atoms with Gasteiger partial charge in [-0.3, -0.25) is 14.2 Å². The Morgan fingerprint density at radius 3 is 2.03 bits per heavy atom. The second kappa shape index (κ2) is 11.1. The summed E-state index contributed by atoms with van der Waals surface area (Å²) in [7, 11) is -7.89. The van der Waals surface area contributed by atoms with Crippen molar-refractivity contribution in [2.24, 2.45) is 0 Å². The summed E-state index contributed by atoms with van der Waals surface area (Å²) in [5.41, 5.74) is 3.38. The van der Waals surface area contributed by atoms with Crippen LogP contribution >= 0.6 is 11.6 Å². The van der Waals surface area contributed by atoms with Crippen LogP contribution in [0.2, 0.25) is 5.02 Å². The zero-order chi connectivity index (χ0) is 28.4. The van der Waals surface area contributed by atoms with E-state index in [2.05, 4.69) is 14.8 Å². The van der Waals surface area contributed by atoms with Gasteiger partial charge in [-0.25, -0.2) is 16.8 Å². The molecule has 0 aliphatic heterocycles. The molecule has 8 nitrogen and oxygen atoms in total. The van der Waals surface area contributed by atoms with Crippen molar-refractivity contribution in [3.05, 3.63) is 112 Å². The van der Waals surface area contributed by atoms with E-state index in [1.165, 1.54) is 36.4 Å². The fraction of sp³-hybridized carbons (Fsp3) is 0.107. The van der Waals surface area contributed by atoms with Crippen molar-refractivity contribution >= 4 is 54.6 Å². The van der Waals surface area contributed by atoms with Gasteiger partial charge in [0, 0.05) is 11.3 Å². The molecule has 0 saturated heterocycles. The first-order valence-electron chi connectivity index (χ1n) is 11.8. The van der Waals surface area contributed by atoms with E-state index in [1.807, 2.05) is 19.9 Å². The highest BCUT2D eigenvalue weighted by Gasteiger charge is 2.21. The molecule has 4 aromatic carbocycles. The second-order valence-electron chi connectivity index (χ2n) is 8.90. The molecule has 11 heteroatoms. The molecule has 3 N–H and O–H groups in total. The van der Waals surface area contributed by atoms with Gasteiger partial charge in [0.1, 0.15) is 0 Å². The van der Waals surface area contributed by atoms with Crippen LogP contribution in [0.25, 0.3) is 0 Å². The summed E-state index contributed by atoms with van der Waals surface area (Å²) in [5, 5.41) is 2.93. The van der Waals surface area contributed by atoms with Gasteiger partial charge in [0.2, 0.25) is 0 Å². The van der Waals surface area contributed by atoms with E-state index in [0.29, 0.717) is 16.9 Å². The number of aryl methyl sites for hydroxylation is 2. The topological polar surface area (TPSA) is 121 Å². The quantitative estimate of drug-likeness (QED) is 0.231. The van der Waals surface area contributed by atoms with E-state index in [-0.39, 0.29) is 26.1 Å². The van der Waals surface area contributed by atoms with Crippen LogP contribution in [0.4, 0.5) is 17.1 Å². The van der Waals surface area contributed by atoms with E-state index in [0.717, 1.165) is 11.1 Å². The Hall–Kier alpha value is -3.86. The molecule has 0 saturated carbocycles. The lowest BCUT2D eigenvalue weighted by atomic mass is 10.1. The fourth-order valence-electron chi connectivity index (χ4n) is 3.76. The van der Waals surface area contributed by atoms with Crippen molar-refractivity contribution in [1.82, 2.24) is 0 Å². The van der Waals surface area contributed by atoms with Gasteiger partial charge in [0.05, 0.1) is 26.2 Å². The normalized spacial score (nSPS) is 11.6. The molecule has 4 rings (SSSR count). The first-order valence-corrected chi connectivity index (χ1v) is 15.1. The second-order valence-corrected chi connectivity index (χ2v) is 12.6. The Balaban J connectivity index is 1.52. The van der Waals surface area contributed by atoms with Crippen molar-refractivity contribution in [3.8, 4) is 0 Å². The maximum absolute atomic E-state index is 13.2. The number of benzene rings is 4. The minimum Gasteiger partial charge on any atom is -0.322 e. The average molecular weight is 584 g/mol. The maximum Gasteiger partial charge on any atom is 0.262 e. The van der Waals surface area contributed by atoms with Gasteiger partial charge in [-0.15, -0.1) is 0 Å². The number of anilines is 3. The zero-order valence-electron chi connectivity index (χ0n) is 21.3. The van der Waals surface area contributed by atoms with Gasteiger partial charge in [-0.05, 0) is 92.1 Å². The van der Waals surface area contributed by atoms with Gasteiger partial charge in [0.25, 0.3) is 26.0 Å². The largest absolute Gasteiger partial charge is 0.322 e. The molecule has 0 atom stereocenters. The predicted molar refractivity (Wildman–Crippen MR) is 155 cm³/mol. The summed E-state index contributed by atoms with van der Waals surface area (Å²) in [6.07, 6.45) is 0.